The Morgan fingerprint density at radius 1 is 1.57 bits per heavy atom. The summed E-state index contributed by atoms with van der Waals surface area (Å²) in [6, 6.07) is 0. The number of rotatable bonds is 2. The van der Waals surface area contributed by atoms with E-state index in [4.69, 9.17) is 11.6 Å². The van der Waals surface area contributed by atoms with Crippen LogP contribution < -0.4 is 0 Å². The van der Waals surface area contributed by atoms with E-state index >= 15 is 0 Å². The Labute approximate surface area is 90.0 Å². The highest BCUT2D eigenvalue weighted by Crippen LogP contribution is 2.20. The molecular weight excluding hydrogens is 202 g/mol. The summed E-state index contributed by atoms with van der Waals surface area (Å²) in [5.74, 6) is 0.195. The van der Waals surface area contributed by atoms with Crippen LogP contribution in [0.1, 0.15) is 26.7 Å². The number of carbonyl (C=O) groups excluding carboxylic acids is 1. The predicted octanol–water partition coefficient (Wildman–Crippen LogP) is 1.23. The predicted molar refractivity (Wildman–Crippen MR) is 56.3 cm³/mol. The van der Waals surface area contributed by atoms with E-state index in [-0.39, 0.29) is 17.9 Å². The Hall–Kier alpha value is -0.280. The molecule has 0 bridgehead atoms. The molecule has 82 valence electrons. The summed E-state index contributed by atoms with van der Waals surface area (Å²) in [6.45, 7) is 4.89. The summed E-state index contributed by atoms with van der Waals surface area (Å²) in [7, 11) is 0. The Balaban J connectivity index is 2.51. The van der Waals surface area contributed by atoms with Gasteiger partial charge in [0.25, 0.3) is 0 Å². The number of hydrogen-bond acceptors (Lipinski definition) is 2. The number of hydrogen-bond donors (Lipinski definition) is 1. The lowest BCUT2D eigenvalue weighted by molar-refractivity contribution is -0.133. The molecular formula is C10H18ClNO2. The maximum atomic E-state index is 11.6. The number of aliphatic hydroxyl groups excluding tert-OH is 1. The van der Waals surface area contributed by atoms with E-state index in [9.17, 15) is 9.90 Å². The molecule has 0 aromatic carbocycles. The number of nitrogens with zero attached hydrogens (tertiary/aromatic N) is 1. The first-order valence-electron chi connectivity index (χ1n) is 5.13. The zero-order valence-corrected chi connectivity index (χ0v) is 9.50. The molecule has 3 nitrogen and oxygen atoms in total. The molecule has 0 aromatic heterocycles. The first kappa shape index (κ1) is 11.8. The molecule has 3 atom stereocenters. The van der Waals surface area contributed by atoms with Gasteiger partial charge in [0.1, 0.15) is 5.38 Å². The minimum Gasteiger partial charge on any atom is -0.393 e. The summed E-state index contributed by atoms with van der Waals surface area (Å²) in [6.07, 6.45) is 1.62. The van der Waals surface area contributed by atoms with Gasteiger partial charge in [-0.05, 0) is 26.7 Å². The maximum Gasteiger partial charge on any atom is 0.240 e. The van der Waals surface area contributed by atoms with Crippen molar-refractivity contribution in [3.63, 3.8) is 0 Å². The monoisotopic (exact) mass is 219 g/mol. The fourth-order valence-electron chi connectivity index (χ4n) is 1.86. The van der Waals surface area contributed by atoms with Gasteiger partial charge >= 0.3 is 0 Å². The lowest BCUT2D eigenvalue weighted by Gasteiger charge is -2.34. The van der Waals surface area contributed by atoms with E-state index in [2.05, 4.69) is 0 Å². The Morgan fingerprint density at radius 3 is 2.71 bits per heavy atom. The summed E-state index contributed by atoms with van der Waals surface area (Å²) in [5.41, 5.74) is 0. The Bertz CT molecular complexity index is 206. The van der Waals surface area contributed by atoms with E-state index in [0.717, 1.165) is 19.4 Å². The molecule has 0 aliphatic carbocycles. The van der Waals surface area contributed by atoms with Gasteiger partial charge in [-0.15, -0.1) is 11.6 Å². The van der Waals surface area contributed by atoms with Crippen LogP contribution in [0.2, 0.25) is 0 Å². The minimum atomic E-state index is -0.456. The van der Waals surface area contributed by atoms with Crippen molar-refractivity contribution < 1.29 is 9.90 Å². The van der Waals surface area contributed by atoms with Crippen molar-refractivity contribution in [2.75, 3.05) is 13.1 Å². The van der Waals surface area contributed by atoms with Gasteiger partial charge < -0.3 is 10.0 Å². The standard InChI is InChI=1S/C10H18ClNO2/c1-7(11)10(14)12-5-3-4-9(6-12)8(2)13/h7-9,13H,3-6H2,1-2H3. The van der Waals surface area contributed by atoms with Crippen LogP contribution in [0.3, 0.4) is 0 Å². The molecule has 1 saturated heterocycles. The number of likely N-dealkylation sites (tertiary alicyclic amines) is 1. The van der Waals surface area contributed by atoms with Crippen LogP contribution in [0.25, 0.3) is 0 Å². The first-order valence-corrected chi connectivity index (χ1v) is 5.57. The van der Waals surface area contributed by atoms with Crippen molar-refractivity contribution in [1.29, 1.82) is 0 Å². The third-order valence-corrected chi connectivity index (χ3v) is 2.98. The Kier molecular flexibility index (Phi) is 4.20. The molecule has 1 heterocycles. The fraction of sp³-hybridized carbons (Fsp3) is 0.900. The number of alkyl halides is 1. The highest BCUT2D eigenvalue weighted by Gasteiger charge is 2.27. The van der Waals surface area contributed by atoms with Crippen molar-refractivity contribution in [2.45, 2.75) is 38.2 Å². The maximum absolute atomic E-state index is 11.6. The van der Waals surface area contributed by atoms with Crippen molar-refractivity contribution in [3.8, 4) is 0 Å². The van der Waals surface area contributed by atoms with Crippen molar-refractivity contribution in [3.05, 3.63) is 0 Å². The third kappa shape index (κ3) is 2.85. The van der Waals surface area contributed by atoms with Crippen LogP contribution in [-0.2, 0) is 4.79 Å². The fourth-order valence-corrected chi connectivity index (χ4v) is 1.99. The number of piperidine rings is 1. The van der Waals surface area contributed by atoms with Gasteiger partial charge in [-0.2, -0.15) is 0 Å². The van der Waals surface area contributed by atoms with Gasteiger partial charge in [0.15, 0.2) is 0 Å². The van der Waals surface area contributed by atoms with Gasteiger partial charge in [0, 0.05) is 19.0 Å². The molecule has 3 unspecified atom stereocenters. The largest absolute Gasteiger partial charge is 0.393 e. The topological polar surface area (TPSA) is 40.5 Å². The quantitative estimate of drug-likeness (QED) is 0.710. The summed E-state index contributed by atoms with van der Waals surface area (Å²) in [4.78, 5) is 13.3. The van der Waals surface area contributed by atoms with Crippen LogP contribution in [0, 0.1) is 5.92 Å². The SMILES string of the molecule is CC(Cl)C(=O)N1CCCC(C(C)O)C1. The van der Waals surface area contributed by atoms with Crippen molar-refractivity contribution >= 4 is 17.5 Å². The normalized spacial score (nSPS) is 27.1. The molecule has 14 heavy (non-hydrogen) atoms. The van der Waals surface area contributed by atoms with Crippen LogP contribution in [-0.4, -0.2) is 40.5 Å². The highest BCUT2D eigenvalue weighted by molar-refractivity contribution is 6.30. The zero-order chi connectivity index (χ0) is 10.7. The Morgan fingerprint density at radius 2 is 2.21 bits per heavy atom. The smallest absolute Gasteiger partial charge is 0.240 e. The molecule has 1 aliphatic heterocycles. The molecule has 1 aliphatic rings. The molecule has 1 N–H and O–H groups in total. The van der Waals surface area contributed by atoms with E-state index in [0.29, 0.717) is 6.54 Å². The average Bonchev–Trinajstić information content (AvgIpc) is 2.16. The molecule has 1 rings (SSSR count). The molecule has 0 spiro atoms. The number of amides is 1. The molecule has 0 saturated carbocycles. The minimum absolute atomic E-state index is 0.0167. The second kappa shape index (κ2) is 4.99. The summed E-state index contributed by atoms with van der Waals surface area (Å²) < 4.78 is 0. The van der Waals surface area contributed by atoms with Gasteiger partial charge in [0.2, 0.25) is 5.91 Å². The lowest BCUT2D eigenvalue weighted by atomic mass is 9.93. The van der Waals surface area contributed by atoms with E-state index in [1.54, 1.807) is 18.7 Å². The molecule has 0 radical (unpaired) electrons. The number of carbonyl (C=O) groups is 1. The lowest BCUT2D eigenvalue weighted by Crippen LogP contribution is -2.45. The van der Waals surface area contributed by atoms with Crippen LogP contribution >= 0.6 is 11.6 Å². The summed E-state index contributed by atoms with van der Waals surface area (Å²) in [5, 5.41) is 8.99. The van der Waals surface area contributed by atoms with Crippen molar-refractivity contribution in [2.24, 2.45) is 5.92 Å². The van der Waals surface area contributed by atoms with E-state index in [1.165, 1.54) is 0 Å². The van der Waals surface area contributed by atoms with E-state index < -0.39 is 5.38 Å². The van der Waals surface area contributed by atoms with Gasteiger partial charge in [-0.3, -0.25) is 4.79 Å². The van der Waals surface area contributed by atoms with Crippen LogP contribution in [0.15, 0.2) is 0 Å². The molecule has 1 amide bonds. The zero-order valence-electron chi connectivity index (χ0n) is 8.74. The first-order chi connectivity index (χ1) is 6.52. The molecule has 1 fully saturated rings. The molecule has 4 heteroatoms. The van der Waals surface area contributed by atoms with Crippen LogP contribution in [0.4, 0.5) is 0 Å². The molecule has 0 aromatic rings. The van der Waals surface area contributed by atoms with Gasteiger partial charge in [-0.25, -0.2) is 0 Å². The van der Waals surface area contributed by atoms with Gasteiger partial charge in [0.05, 0.1) is 6.10 Å². The second-order valence-electron chi connectivity index (χ2n) is 4.04. The van der Waals surface area contributed by atoms with Crippen LogP contribution in [0.5, 0.6) is 0 Å². The number of aliphatic hydroxyl groups is 1. The number of halogens is 1. The van der Waals surface area contributed by atoms with E-state index in [1.807, 2.05) is 0 Å². The third-order valence-electron chi connectivity index (χ3n) is 2.79. The summed E-state index contributed by atoms with van der Waals surface area (Å²) >= 11 is 5.74. The second-order valence-corrected chi connectivity index (χ2v) is 4.70. The van der Waals surface area contributed by atoms with Crippen molar-refractivity contribution in [1.82, 2.24) is 4.90 Å². The van der Waals surface area contributed by atoms with Gasteiger partial charge in [-0.1, -0.05) is 0 Å². The highest BCUT2D eigenvalue weighted by atomic mass is 35.5. The average molecular weight is 220 g/mol.